The van der Waals surface area contributed by atoms with E-state index in [1.807, 2.05) is 20.8 Å². The number of nitrogens with one attached hydrogen (secondary N) is 1. The van der Waals surface area contributed by atoms with Gasteiger partial charge in [-0.1, -0.05) is 0 Å². The van der Waals surface area contributed by atoms with Crippen LogP contribution in [-0.2, 0) is 4.74 Å². The Morgan fingerprint density at radius 1 is 1.50 bits per heavy atom. The fraction of sp³-hybridized carbons (Fsp3) is 0.625. The van der Waals surface area contributed by atoms with Gasteiger partial charge >= 0.3 is 6.09 Å². The average Bonchev–Trinajstić information content (AvgIpc) is 2.52. The van der Waals surface area contributed by atoms with Crippen molar-refractivity contribution in [3.63, 3.8) is 0 Å². The Balaban J connectivity index is 1.84. The number of hydrogen-bond donors (Lipinski definition) is 1. The van der Waals surface area contributed by atoms with Crippen LogP contribution >= 0.6 is 0 Å². The number of aromatic nitrogens is 1. The molecule has 0 aromatic carbocycles. The van der Waals surface area contributed by atoms with Crippen LogP contribution in [0.5, 0.6) is 0 Å². The van der Waals surface area contributed by atoms with Crippen molar-refractivity contribution in [2.75, 3.05) is 25.0 Å². The first kappa shape index (κ1) is 18.0. The number of anilines is 1. The third-order valence-electron chi connectivity index (χ3n) is 3.70. The van der Waals surface area contributed by atoms with Crippen molar-refractivity contribution in [1.82, 2.24) is 9.88 Å². The van der Waals surface area contributed by atoms with E-state index < -0.39 is 10.5 Å². The highest BCUT2D eigenvalue weighted by atomic mass is 16.6. The zero-order valence-corrected chi connectivity index (χ0v) is 14.3. The lowest BCUT2D eigenvalue weighted by Gasteiger charge is -2.34. The van der Waals surface area contributed by atoms with Crippen LogP contribution in [0.2, 0.25) is 0 Å². The Kier molecular flexibility index (Phi) is 5.58. The molecule has 2 heterocycles. The van der Waals surface area contributed by atoms with Gasteiger partial charge in [-0.05, 0) is 45.6 Å². The summed E-state index contributed by atoms with van der Waals surface area (Å²) < 4.78 is 5.41. The lowest BCUT2D eigenvalue weighted by molar-refractivity contribution is -0.385. The molecule has 1 fully saturated rings. The zero-order valence-electron chi connectivity index (χ0n) is 14.3. The Morgan fingerprint density at radius 3 is 2.83 bits per heavy atom. The monoisotopic (exact) mass is 336 g/mol. The van der Waals surface area contributed by atoms with Gasteiger partial charge in [0.2, 0.25) is 0 Å². The number of hydrogen-bond acceptors (Lipinski definition) is 6. The van der Waals surface area contributed by atoms with Crippen LogP contribution in [0, 0.1) is 16.0 Å². The number of nitrogens with zero attached hydrogens (tertiary/aromatic N) is 3. The van der Waals surface area contributed by atoms with Crippen molar-refractivity contribution < 1.29 is 14.5 Å². The van der Waals surface area contributed by atoms with E-state index in [0.717, 1.165) is 12.8 Å². The molecule has 0 unspecified atom stereocenters. The van der Waals surface area contributed by atoms with Crippen LogP contribution in [0.15, 0.2) is 18.3 Å². The van der Waals surface area contributed by atoms with Gasteiger partial charge in [-0.15, -0.1) is 0 Å². The van der Waals surface area contributed by atoms with E-state index in [0.29, 0.717) is 31.4 Å². The van der Waals surface area contributed by atoms with Crippen LogP contribution in [0.3, 0.4) is 0 Å². The Morgan fingerprint density at radius 2 is 2.25 bits per heavy atom. The van der Waals surface area contributed by atoms with Crippen LogP contribution in [-0.4, -0.2) is 46.1 Å². The predicted octanol–water partition coefficient (Wildman–Crippen LogP) is 3.05. The standard InChI is InChI=1S/C16H24N4O4/c1-16(2,3)24-15(21)19-8-4-5-12(11-19)9-17-14-7-6-13(10-18-14)20(22)23/h6-7,10,12H,4-5,8-9,11H2,1-3H3,(H,17,18)/t12-/m0/s1. The largest absolute Gasteiger partial charge is 0.444 e. The van der Waals surface area contributed by atoms with Gasteiger partial charge in [0.05, 0.1) is 4.92 Å². The highest BCUT2D eigenvalue weighted by Gasteiger charge is 2.27. The zero-order chi connectivity index (χ0) is 17.7. The predicted molar refractivity (Wildman–Crippen MR) is 89.9 cm³/mol. The molecule has 0 bridgehead atoms. The van der Waals surface area contributed by atoms with E-state index in [-0.39, 0.29) is 11.8 Å². The molecule has 1 N–H and O–H groups in total. The molecule has 132 valence electrons. The molecule has 1 saturated heterocycles. The van der Waals surface area contributed by atoms with Crippen LogP contribution in [0.1, 0.15) is 33.6 Å². The van der Waals surface area contributed by atoms with Crippen molar-refractivity contribution in [3.05, 3.63) is 28.4 Å². The molecule has 1 aromatic heterocycles. The molecular formula is C16H24N4O4. The fourth-order valence-electron chi connectivity index (χ4n) is 2.57. The van der Waals surface area contributed by atoms with Crippen LogP contribution < -0.4 is 5.32 Å². The molecule has 2 rings (SSSR count). The SMILES string of the molecule is CC(C)(C)OC(=O)N1CCC[C@@H](CNc2ccc([N+](=O)[O-])cn2)C1. The number of nitro groups is 1. The molecule has 0 spiro atoms. The Labute approximate surface area is 141 Å². The Bertz CT molecular complexity index is 583. The first-order chi connectivity index (χ1) is 11.2. The molecule has 0 radical (unpaired) electrons. The fourth-order valence-corrected chi connectivity index (χ4v) is 2.57. The van der Waals surface area contributed by atoms with E-state index in [4.69, 9.17) is 4.74 Å². The van der Waals surface area contributed by atoms with Crippen molar-refractivity contribution in [3.8, 4) is 0 Å². The minimum absolute atomic E-state index is 0.0330. The van der Waals surface area contributed by atoms with Crippen LogP contribution in [0.4, 0.5) is 16.3 Å². The highest BCUT2D eigenvalue weighted by molar-refractivity contribution is 5.68. The van der Waals surface area contributed by atoms with E-state index in [9.17, 15) is 14.9 Å². The number of amides is 1. The second kappa shape index (κ2) is 7.46. The first-order valence-electron chi connectivity index (χ1n) is 8.07. The summed E-state index contributed by atoms with van der Waals surface area (Å²) in [4.78, 5) is 28.0. The van der Waals surface area contributed by atoms with Crippen molar-refractivity contribution >= 4 is 17.6 Å². The summed E-state index contributed by atoms with van der Waals surface area (Å²) in [7, 11) is 0. The van der Waals surface area contributed by atoms with E-state index in [1.54, 1.807) is 11.0 Å². The van der Waals surface area contributed by atoms with Gasteiger partial charge in [-0.2, -0.15) is 0 Å². The summed E-state index contributed by atoms with van der Waals surface area (Å²) in [5.74, 6) is 0.887. The van der Waals surface area contributed by atoms with Gasteiger partial charge < -0.3 is 15.0 Å². The van der Waals surface area contributed by atoms with E-state index in [1.165, 1.54) is 12.3 Å². The lowest BCUT2D eigenvalue weighted by Crippen LogP contribution is -2.44. The van der Waals surface area contributed by atoms with Crippen molar-refractivity contribution in [2.45, 2.75) is 39.2 Å². The highest BCUT2D eigenvalue weighted by Crippen LogP contribution is 2.20. The maximum absolute atomic E-state index is 12.1. The second-order valence-electron chi connectivity index (χ2n) is 6.97. The molecule has 8 nitrogen and oxygen atoms in total. The molecule has 1 amide bonds. The molecule has 1 aromatic rings. The third kappa shape index (κ3) is 5.36. The van der Waals surface area contributed by atoms with Gasteiger partial charge in [0, 0.05) is 25.7 Å². The molecule has 8 heteroatoms. The number of likely N-dealkylation sites (tertiary alicyclic amines) is 1. The lowest BCUT2D eigenvalue weighted by atomic mass is 9.98. The normalized spacial score (nSPS) is 18.1. The molecule has 1 aliphatic rings. The van der Waals surface area contributed by atoms with Gasteiger partial charge in [-0.3, -0.25) is 10.1 Å². The molecule has 24 heavy (non-hydrogen) atoms. The van der Waals surface area contributed by atoms with Gasteiger partial charge in [-0.25, -0.2) is 9.78 Å². The topological polar surface area (TPSA) is 97.6 Å². The summed E-state index contributed by atoms with van der Waals surface area (Å²) in [5.41, 5.74) is -0.528. The number of carbonyl (C=O) groups excluding carboxylic acids is 1. The van der Waals surface area contributed by atoms with Crippen LogP contribution in [0.25, 0.3) is 0 Å². The quantitative estimate of drug-likeness (QED) is 0.670. The number of ether oxygens (including phenoxy) is 1. The summed E-state index contributed by atoms with van der Waals surface area (Å²) in [6, 6.07) is 3.01. The molecule has 0 saturated carbocycles. The molecule has 1 atom stereocenters. The number of pyridine rings is 1. The number of carbonyl (C=O) groups is 1. The second-order valence-corrected chi connectivity index (χ2v) is 6.97. The maximum atomic E-state index is 12.1. The van der Waals surface area contributed by atoms with Gasteiger partial charge in [0.15, 0.2) is 0 Å². The Hall–Kier alpha value is -2.38. The smallest absolute Gasteiger partial charge is 0.410 e. The molecular weight excluding hydrogens is 312 g/mol. The number of rotatable bonds is 4. The molecule has 0 aliphatic carbocycles. The minimum Gasteiger partial charge on any atom is -0.444 e. The summed E-state index contributed by atoms with van der Waals surface area (Å²) in [5, 5.41) is 13.8. The van der Waals surface area contributed by atoms with Gasteiger partial charge in [0.1, 0.15) is 17.6 Å². The third-order valence-corrected chi connectivity index (χ3v) is 3.70. The van der Waals surface area contributed by atoms with E-state index in [2.05, 4.69) is 10.3 Å². The first-order valence-corrected chi connectivity index (χ1v) is 8.07. The summed E-state index contributed by atoms with van der Waals surface area (Å²) >= 11 is 0. The summed E-state index contributed by atoms with van der Waals surface area (Å²) in [6.45, 7) is 7.57. The van der Waals surface area contributed by atoms with Crippen molar-refractivity contribution in [2.24, 2.45) is 5.92 Å². The van der Waals surface area contributed by atoms with Gasteiger partial charge in [0.25, 0.3) is 5.69 Å². The maximum Gasteiger partial charge on any atom is 0.410 e. The number of piperidine rings is 1. The van der Waals surface area contributed by atoms with E-state index >= 15 is 0 Å². The molecule has 1 aliphatic heterocycles. The van der Waals surface area contributed by atoms with Crippen molar-refractivity contribution in [1.29, 1.82) is 0 Å². The summed E-state index contributed by atoms with van der Waals surface area (Å²) in [6.07, 6.45) is 2.90. The minimum atomic E-state index is -0.495. The average molecular weight is 336 g/mol.